The van der Waals surface area contributed by atoms with Crippen molar-refractivity contribution in [2.75, 3.05) is 0 Å². The standard InChI is InChI=1S/C4H11NO6S2.2K/c1-3(12(6,7)8)5-4(2)13(9,10)11;;/h3-5H,1-2H3,(H,6,7,8)(H,9,10,11);;/q;2*+1/p-2. The summed E-state index contributed by atoms with van der Waals surface area (Å²) in [4.78, 5) is 0. The van der Waals surface area contributed by atoms with Gasteiger partial charge in [0.25, 0.3) is 0 Å². The summed E-state index contributed by atoms with van der Waals surface area (Å²) in [6.45, 7) is 1.92. The van der Waals surface area contributed by atoms with E-state index in [1.54, 1.807) is 0 Å². The van der Waals surface area contributed by atoms with E-state index in [9.17, 15) is 25.9 Å². The number of nitrogens with one attached hydrogen (secondary N) is 1. The van der Waals surface area contributed by atoms with Crippen molar-refractivity contribution in [2.45, 2.75) is 24.6 Å². The van der Waals surface area contributed by atoms with E-state index in [2.05, 4.69) is 0 Å². The summed E-state index contributed by atoms with van der Waals surface area (Å²) in [5.74, 6) is 0. The summed E-state index contributed by atoms with van der Waals surface area (Å²) >= 11 is 0. The van der Waals surface area contributed by atoms with Crippen LogP contribution in [-0.2, 0) is 20.2 Å². The average molecular weight is 309 g/mol. The van der Waals surface area contributed by atoms with E-state index in [4.69, 9.17) is 0 Å². The first-order chi connectivity index (χ1) is 5.55. The molecule has 0 rings (SSSR count). The molecule has 0 aromatic carbocycles. The molecule has 15 heavy (non-hydrogen) atoms. The maximum Gasteiger partial charge on any atom is 1.00 e. The molecule has 11 heteroatoms. The van der Waals surface area contributed by atoms with Crippen LogP contribution >= 0.6 is 0 Å². The predicted molar refractivity (Wildman–Crippen MR) is 41.5 cm³/mol. The topological polar surface area (TPSA) is 126 Å². The Balaban J connectivity index is -0.000000720. The largest absolute Gasteiger partial charge is 1.00 e. The van der Waals surface area contributed by atoms with Crippen molar-refractivity contribution >= 4 is 20.2 Å². The maximum atomic E-state index is 10.3. The monoisotopic (exact) mass is 309 g/mol. The molecular formula is C4H9K2NO6S2. The summed E-state index contributed by atoms with van der Waals surface area (Å²) < 4.78 is 61.7. The first-order valence-electron chi connectivity index (χ1n) is 3.20. The zero-order valence-corrected chi connectivity index (χ0v) is 16.8. The van der Waals surface area contributed by atoms with Gasteiger partial charge in [-0.1, -0.05) is 0 Å². The molecule has 0 radical (unpaired) electrons. The smallest absolute Gasteiger partial charge is 0.747 e. The van der Waals surface area contributed by atoms with Gasteiger partial charge in [0.15, 0.2) is 0 Å². The van der Waals surface area contributed by atoms with Gasteiger partial charge in [-0.2, -0.15) is 0 Å². The molecule has 0 heterocycles. The van der Waals surface area contributed by atoms with Gasteiger partial charge in [0.05, 0.1) is 10.7 Å². The Labute approximate surface area is 174 Å². The molecule has 0 aliphatic rings. The van der Waals surface area contributed by atoms with E-state index in [0.717, 1.165) is 13.8 Å². The minimum Gasteiger partial charge on any atom is -0.747 e. The number of rotatable bonds is 4. The molecule has 0 aromatic heterocycles. The van der Waals surface area contributed by atoms with Gasteiger partial charge in [0.1, 0.15) is 20.2 Å². The van der Waals surface area contributed by atoms with Crippen LogP contribution in [0.3, 0.4) is 0 Å². The maximum absolute atomic E-state index is 10.3. The second-order valence-electron chi connectivity index (χ2n) is 2.44. The molecule has 1 N–H and O–H groups in total. The Morgan fingerprint density at radius 3 is 1.20 bits per heavy atom. The average Bonchev–Trinajstić information content (AvgIpc) is 1.82. The van der Waals surface area contributed by atoms with Gasteiger partial charge in [-0.05, 0) is 13.8 Å². The van der Waals surface area contributed by atoms with E-state index >= 15 is 0 Å². The normalized spacial score (nSPS) is 15.7. The van der Waals surface area contributed by atoms with E-state index < -0.39 is 31.0 Å². The third-order valence-electron chi connectivity index (χ3n) is 1.34. The molecule has 80 valence electrons. The molecule has 0 aliphatic carbocycles. The van der Waals surface area contributed by atoms with Crippen molar-refractivity contribution in [3.05, 3.63) is 0 Å². The molecule has 0 aliphatic heterocycles. The molecule has 0 saturated carbocycles. The second kappa shape index (κ2) is 9.04. The van der Waals surface area contributed by atoms with Crippen molar-refractivity contribution < 1.29 is 129 Å². The van der Waals surface area contributed by atoms with Crippen LogP contribution in [0.5, 0.6) is 0 Å². The molecule has 0 spiro atoms. The van der Waals surface area contributed by atoms with Crippen LogP contribution in [0.2, 0.25) is 0 Å². The molecule has 0 bridgehead atoms. The summed E-state index contributed by atoms with van der Waals surface area (Å²) in [6.07, 6.45) is 0. The third kappa shape index (κ3) is 10.6. The van der Waals surface area contributed by atoms with Gasteiger partial charge >= 0.3 is 103 Å². The van der Waals surface area contributed by atoms with Crippen LogP contribution in [0.15, 0.2) is 0 Å². The third-order valence-corrected chi connectivity index (χ3v) is 3.34. The van der Waals surface area contributed by atoms with E-state index in [1.807, 2.05) is 5.32 Å². The van der Waals surface area contributed by atoms with Gasteiger partial charge in [0, 0.05) is 0 Å². The van der Waals surface area contributed by atoms with Crippen molar-refractivity contribution in [1.29, 1.82) is 0 Å². The molecular weight excluding hydrogens is 300 g/mol. The van der Waals surface area contributed by atoms with Crippen molar-refractivity contribution in [3.8, 4) is 0 Å². The quantitative estimate of drug-likeness (QED) is 0.404. The van der Waals surface area contributed by atoms with Crippen LogP contribution in [0.1, 0.15) is 13.8 Å². The zero-order valence-electron chi connectivity index (χ0n) is 8.92. The minimum absolute atomic E-state index is 0. The first-order valence-corrected chi connectivity index (χ1v) is 6.15. The van der Waals surface area contributed by atoms with Gasteiger partial charge in [-0.3, -0.25) is 5.32 Å². The Hall–Kier alpha value is 3.05. The Bertz CT molecular complexity index is 329. The fraction of sp³-hybridized carbons (Fsp3) is 1.00. The van der Waals surface area contributed by atoms with Crippen LogP contribution < -0.4 is 108 Å². The van der Waals surface area contributed by atoms with Gasteiger partial charge in [-0.15, -0.1) is 0 Å². The van der Waals surface area contributed by atoms with Crippen molar-refractivity contribution in [2.24, 2.45) is 0 Å². The first kappa shape index (κ1) is 23.2. The van der Waals surface area contributed by atoms with E-state index in [0.29, 0.717) is 0 Å². The van der Waals surface area contributed by atoms with E-state index in [-0.39, 0.29) is 103 Å². The van der Waals surface area contributed by atoms with Crippen molar-refractivity contribution in [1.82, 2.24) is 5.32 Å². The van der Waals surface area contributed by atoms with Crippen LogP contribution in [0, 0.1) is 0 Å². The zero-order chi connectivity index (χ0) is 10.9. The Kier molecular flexibility index (Phi) is 14.0. The summed E-state index contributed by atoms with van der Waals surface area (Å²) in [5.41, 5.74) is 0. The van der Waals surface area contributed by atoms with Crippen LogP contribution in [0.4, 0.5) is 0 Å². The summed E-state index contributed by atoms with van der Waals surface area (Å²) in [5, 5.41) is -1.35. The molecule has 0 amide bonds. The predicted octanol–water partition coefficient (Wildman–Crippen LogP) is -7.63. The SMILES string of the molecule is CC(NC(C)S(=O)(=O)[O-])S(=O)(=O)[O-].[K+].[K+]. The minimum atomic E-state index is -4.62. The molecule has 2 unspecified atom stereocenters. The fourth-order valence-corrected chi connectivity index (χ4v) is 1.32. The van der Waals surface area contributed by atoms with Gasteiger partial charge in [-0.25, -0.2) is 16.8 Å². The van der Waals surface area contributed by atoms with Crippen LogP contribution in [-0.4, -0.2) is 36.7 Å². The van der Waals surface area contributed by atoms with Crippen LogP contribution in [0.25, 0.3) is 0 Å². The van der Waals surface area contributed by atoms with E-state index in [1.165, 1.54) is 0 Å². The Morgan fingerprint density at radius 1 is 0.867 bits per heavy atom. The van der Waals surface area contributed by atoms with Gasteiger partial charge in [0.2, 0.25) is 0 Å². The second-order valence-corrected chi connectivity index (χ2v) is 5.82. The molecule has 0 fully saturated rings. The Morgan fingerprint density at radius 2 is 1.07 bits per heavy atom. The number of hydrogen-bond donors (Lipinski definition) is 1. The molecule has 7 nitrogen and oxygen atoms in total. The molecule has 0 saturated heterocycles. The fourth-order valence-electron chi connectivity index (χ4n) is 0.497. The number of hydrogen-bond acceptors (Lipinski definition) is 7. The molecule has 0 aromatic rings. The summed E-state index contributed by atoms with van der Waals surface area (Å²) in [7, 11) is -9.25. The van der Waals surface area contributed by atoms with Gasteiger partial charge < -0.3 is 9.11 Å². The summed E-state index contributed by atoms with van der Waals surface area (Å²) in [6, 6.07) is 0. The van der Waals surface area contributed by atoms with Crippen molar-refractivity contribution in [3.63, 3.8) is 0 Å². The molecule has 2 atom stereocenters.